The predicted octanol–water partition coefficient (Wildman–Crippen LogP) is 6.38. The molecule has 7 nitrogen and oxygen atoms in total. The molecule has 8 heteroatoms. The summed E-state index contributed by atoms with van der Waals surface area (Å²) in [6, 6.07) is 16.5. The van der Waals surface area contributed by atoms with Gasteiger partial charge in [0.15, 0.2) is 0 Å². The number of aryl methyl sites for hydroxylation is 2. The number of likely N-dealkylation sites (tertiary alicyclic amines) is 1. The van der Waals surface area contributed by atoms with Gasteiger partial charge in [0, 0.05) is 36.8 Å². The zero-order valence-electron chi connectivity index (χ0n) is 26.3. The minimum Gasteiger partial charge on any atom is -0.342 e. The first-order valence-electron chi connectivity index (χ1n) is 15.8. The number of carbonyl (C=O) groups is 2. The Morgan fingerprint density at radius 2 is 1.74 bits per heavy atom. The van der Waals surface area contributed by atoms with Crippen LogP contribution in [0.25, 0.3) is 11.3 Å². The van der Waals surface area contributed by atoms with Crippen LogP contribution in [0.4, 0.5) is 0 Å². The molecule has 0 unspecified atom stereocenters. The largest absolute Gasteiger partial charge is 0.342 e. The minimum atomic E-state index is -0.757. The number of unbranched alkanes of at least 4 members (excludes halogenated alkanes) is 1. The molecule has 0 aliphatic carbocycles. The van der Waals surface area contributed by atoms with Gasteiger partial charge in [-0.2, -0.15) is 5.10 Å². The molecule has 0 saturated carbocycles. The van der Waals surface area contributed by atoms with Crippen LogP contribution in [0.3, 0.4) is 0 Å². The van der Waals surface area contributed by atoms with Gasteiger partial charge in [-0.25, -0.2) is 0 Å². The summed E-state index contributed by atoms with van der Waals surface area (Å²) < 4.78 is 2.09. The molecule has 2 aromatic carbocycles. The Morgan fingerprint density at radius 1 is 1.02 bits per heavy atom. The van der Waals surface area contributed by atoms with E-state index in [9.17, 15) is 9.59 Å². The maximum atomic E-state index is 13.6. The van der Waals surface area contributed by atoms with Crippen molar-refractivity contribution in [1.82, 2.24) is 24.9 Å². The number of halogens is 1. The van der Waals surface area contributed by atoms with E-state index in [1.54, 1.807) is 0 Å². The van der Waals surface area contributed by atoms with Crippen LogP contribution in [0.1, 0.15) is 75.3 Å². The van der Waals surface area contributed by atoms with Crippen molar-refractivity contribution in [2.45, 2.75) is 91.4 Å². The average molecular weight is 604 g/mol. The van der Waals surface area contributed by atoms with Crippen molar-refractivity contribution in [1.29, 1.82) is 0 Å². The summed E-state index contributed by atoms with van der Waals surface area (Å²) >= 11 is 6.35. The molecule has 1 N–H and O–H groups in total. The van der Waals surface area contributed by atoms with E-state index in [0.29, 0.717) is 44.8 Å². The number of rotatable bonds is 10. The van der Waals surface area contributed by atoms with Crippen molar-refractivity contribution >= 4 is 23.4 Å². The Kier molecular flexibility index (Phi) is 9.62. The molecule has 1 atom stereocenters. The number of piperazine rings is 1. The molecule has 2 aliphatic rings. The molecular formula is C35H46ClN5O2. The Morgan fingerprint density at radius 3 is 2.40 bits per heavy atom. The van der Waals surface area contributed by atoms with Crippen molar-refractivity contribution in [2.75, 3.05) is 19.6 Å². The van der Waals surface area contributed by atoms with E-state index < -0.39 is 11.6 Å². The number of carbonyl (C=O) groups excluding carboxylic acids is 2. The molecule has 230 valence electrons. The SMILES string of the molecule is CCCCN1C(=O)[C@H](CC(C)C)NC(=O)C12CCN(Cc1cc(-c3ccc(Cl)c(C)c3)n(Cc3ccc(C)cc3)n1)CC2. The molecule has 1 aromatic heterocycles. The van der Waals surface area contributed by atoms with Crippen molar-refractivity contribution in [3.05, 3.63) is 75.9 Å². The van der Waals surface area contributed by atoms with Crippen LogP contribution in [0.5, 0.6) is 0 Å². The van der Waals surface area contributed by atoms with Gasteiger partial charge in [-0.15, -0.1) is 0 Å². The average Bonchev–Trinajstić information content (AvgIpc) is 3.37. The third kappa shape index (κ3) is 6.83. The summed E-state index contributed by atoms with van der Waals surface area (Å²) in [4.78, 5) is 31.6. The lowest BCUT2D eigenvalue weighted by atomic mass is 9.80. The smallest absolute Gasteiger partial charge is 0.246 e. The highest BCUT2D eigenvalue weighted by Gasteiger charge is 2.53. The van der Waals surface area contributed by atoms with Gasteiger partial charge >= 0.3 is 0 Å². The van der Waals surface area contributed by atoms with E-state index in [0.717, 1.165) is 53.5 Å². The van der Waals surface area contributed by atoms with Crippen molar-refractivity contribution in [3.63, 3.8) is 0 Å². The maximum absolute atomic E-state index is 13.6. The summed E-state index contributed by atoms with van der Waals surface area (Å²) in [7, 11) is 0. The Balaban J connectivity index is 1.35. The molecule has 2 fully saturated rings. The number of aromatic nitrogens is 2. The second-order valence-electron chi connectivity index (χ2n) is 12.9. The first-order chi connectivity index (χ1) is 20.6. The monoisotopic (exact) mass is 603 g/mol. The molecule has 0 bridgehead atoms. The van der Waals surface area contributed by atoms with E-state index in [1.807, 2.05) is 17.9 Å². The number of hydrogen-bond donors (Lipinski definition) is 1. The zero-order chi connectivity index (χ0) is 30.7. The third-order valence-corrected chi connectivity index (χ3v) is 9.48. The number of amides is 2. The Hall–Kier alpha value is -3.16. The lowest BCUT2D eigenvalue weighted by Crippen LogP contribution is -2.73. The van der Waals surface area contributed by atoms with E-state index in [4.69, 9.17) is 16.7 Å². The van der Waals surface area contributed by atoms with Crippen molar-refractivity contribution in [3.8, 4) is 11.3 Å². The molecule has 2 aliphatic heterocycles. The first-order valence-corrected chi connectivity index (χ1v) is 16.2. The fourth-order valence-electron chi connectivity index (χ4n) is 6.53. The van der Waals surface area contributed by atoms with Crippen LogP contribution < -0.4 is 5.32 Å². The van der Waals surface area contributed by atoms with E-state index in [-0.39, 0.29) is 11.8 Å². The van der Waals surface area contributed by atoms with Gasteiger partial charge in [-0.1, -0.05) is 74.7 Å². The molecule has 0 radical (unpaired) electrons. The van der Waals surface area contributed by atoms with Crippen LogP contribution in [0.2, 0.25) is 5.02 Å². The summed E-state index contributed by atoms with van der Waals surface area (Å²) in [6.07, 6.45) is 3.84. The van der Waals surface area contributed by atoms with Gasteiger partial charge < -0.3 is 10.2 Å². The molecule has 3 aromatic rings. The second kappa shape index (κ2) is 13.2. The van der Waals surface area contributed by atoms with Crippen LogP contribution in [0.15, 0.2) is 48.5 Å². The van der Waals surface area contributed by atoms with E-state index in [2.05, 4.69) is 85.1 Å². The van der Waals surface area contributed by atoms with Crippen molar-refractivity contribution < 1.29 is 9.59 Å². The van der Waals surface area contributed by atoms with Gasteiger partial charge in [0.1, 0.15) is 11.6 Å². The molecular weight excluding hydrogens is 558 g/mol. The van der Waals surface area contributed by atoms with Crippen LogP contribution in [-0.2, 0) is 22.7 Å². The summed E-state index contributed by atoms with van der Waals surface area (Å²) in [5.74, 6) is 0.454. The maximum Gasteiger partial charge on any atom is 0.246 e. The number of nitrogens with zero attached hydrogens (tertiary/aromatic N) is 4. The van der Waals surface area contributed by atoms with Gasteiger partial charge in [-0.3, -0.25) is 19.2 Å². The normalized spacial score (nSPS) is 19.0. The number of nitrogens with one attached hydrogen (secondary N) is 1. The minimum absolute atomic E-state index is 0.0243. The van der Waals surface area contributed by atoms with Gasteiger partial charge in [-0.05, 0) is 74.8 Å². The summed E-state index contributed by atoms with van der Waals surface area (Å²) in [5, 5.41) is 8.95. The Bertz CT molecular complexity index is 1440. The lowest BCUT2D eigenvalue weighted by molar-refractivity contribution is -0.161. The zero-order valence-corrected chi connectivity index (χ0v) is 27.1. The fourth-order valence-corrected chi connectivity index (χ4v) is 6.64. The van der Waals surface area contributed by atoms with Gasteiger partial charge in [0.05, 0.1) is 17.9 Å². The standard InChI is InChI=1S/C35H46ClN5O2/c1-6-7-16-40-33(42)31(19-24(2)3)37-34(43)35(40)14-17-39(18-15-35)23-29-21-32(28-12-13-30(36)26(5)20-28)41(38-29)22-27-10-8-25(4)9-11-27/h8-13,20-21,24,31H,6-7,14-19,22-23H2,1-5H3,(H,37,43)/t31-/m0/s1. The number of piperidine rings is 1. The summed E-state index contributed by atoms with van der Waals surface area (Å²) in [6.45, 7) is 13.9. The molecule has 43 heavy (non-hydrogen) atoms. The highest BCUT2D eigenvalue weighted by atomic mass is 35.5. The highest BCUT2D eigenvalue weighted by molar-refractivity contribution is 6.31. The number of hydrogen-bond acceptors (Lipinski definition) is 4. The molecule has 5 rings (SSSR count). The first kappa shape index (κ1) is 31.3. The molecule has 3 heterocycles. The molecule has 2 amide bonds. The quantitative estimate of drug-likeness (QED) is 0.292. The van der Waals surface area contributed by atoms with Crippen molar-refractivity contribution in [2.24, 2.45) is 5.92 Å². The van der Waals surface area contributed by atoms with Crippen LogP contribution >= 0.6 is 11.6 Å². The summed E-state index contributed by atoms with van der Waals surface area (Å²) in [5.41, 5.74) is 5.85. The predicted molar refractivity (Wildman–Crippen MR) is 173 cm³/mol. The molecule has 1 spiro atoms. The molecule has 2 saturated heterocycles. The lowest BCUT2D eigenvalue weighted by Gasteiger charge is -2.52. The Labute approximate surface area is 261 Å². The van der Waals surface area contributed by atoms with E-state index >= 15 is 0 Å². The topological polar surface area (TPSA) is 70.5 Å². The van der Waals surface area contributed by atoms with E-state index in [1.165, 1.54) is 11.1 Å². The highest BCUT2D eigenvalue weighted by Crippen LogP contribution is 2.35. The van der Waals surface area contributed by atoms with Gasteiger partial charge in [0.2, 0.25) is 11.8 Å². The van der Waals surface area contributed by atoms with Crippen LogP contribution in [-0.4, -0.2) is 62.6 Å². The number of benzene rings is 2. The van der Waals surface area contributed by atoms with Crippen LogP contribution in [0, 0.1) is 19.8 Å². The third-order valence-electron chi connectivity index (χ3n) is 9.06. The fraction of sp³-hybridized carbons (Fsp3) is 0.514. The van der Waals surface area contributed by atoms with Gasteiger partial charge in [0.25, 0.3) is 0 Å². The second-order valence-corrected chi connectivity index (χ2v) is 13.3.